The van der Waals surface area contributed by atoms with E-state index in [4.69, 9.17) is 4.43 Å². The van der Waals surface area contributed by atoms with Gasteiger partial charge in [-0.15, -0.1) is 0 Å². The summed E-state index contributed by atoms with van der Waals surface area (Å²) in [5.74, 6) is 0. The van der Waals surface area contributed by atoms with E-state index in [1.807, 2.05) is 6.08 Å². The molecule has 0 bridgehead atoms. The fourth-order valence-electron chi connectivity index (χ4n) is 1.11. The first kappa shape index (κ1) is 14.7. The topological polar surface area (TPSA) is 9.23 Å². The molecule has 0 saturated heterocycles. The van der Waals surface area contributed by atoms with E-state index in [1.54, 1.807) is 0 Å². The minimum absolute atomic E-state index is 0.184. The molecule has 0 radical (unpaired) electrons. The van der Waals surface area contributed by atoms with Crippen molar-refractivity contribution in [3.05, 3.63) is 24.3 Å². The molecule has 88 valence electrons. The minimum atomic E-state index is -1.63. The normalized spacial score (nSPS) is 16.3. The molecule has 0 unspecified atom stereocenters. The van der Waals surface area contributed by atoms with Gasteiger partial charge in [0.25, 0.3) is 0 Å². The molecule has 0 aliphatic carbocycles. The molecule has 15 heavy (non-hydrogen) atoms. The summed E-state index contributed by atoms with van der Waals surface area (Å²) in [5.41, 5.74) is 1.18. The van der Waals surface area contributed by atoms with Gasteiger partial charge in [-0.1, -0.05) is 45.1 Å². The summed E-state index contributed by atoms with van der Waals surface area (Å²) < 4.78 is 6.19. The first-order chi connectivity index (χ1) is 6.60. The summed E-state index contributed by atoms with van der Waals surface area (Å²) in [7, 11) is -1.63. The van der Waals surface area contributed by atoms with Crippen LogP contribution in [0.1, 0.15) is 34.6 Å². The molecule has 0 rings (SSSR count). The second-order valence-electron chi connectivity index (χ2n) is 5.70. The maximum Gasteiger partial charge on any atom is 0.192 e. The van der Waals surface area contributed by atoms with Crippen LogP contribution in [0.5, 0.6) is 0 Å². The third-order valence-electron chi connectivity index (χ3n) is 3.11. The zero-order valence-corrected chi connectivity index (χ0v) is 12.3. The quantitative estimate of drug-likeness (QED) is 0.505. The van der Waals surface area contributed by atoms with E-state index in [0.717, 1.165) is 0 Å². The van der Waals surface area contributed by atoms with Crippen molar-refractivity contribution in [3.63, 3.8) is 0 Å². The Hall–Kier alpha value is -0.343. The smallest absolute Gasteiger partial charge is 0.192 e. The molecule has 0 aromatic carbocycles. The van der Waals surface area contributed by atoms with Crippen molar-refractivity contribution >= 4 is 8.32 Å². The predicted octanol–water partition coefficient (Wildman–Crippen LogP) is 4.53. The van der Waals surface area contributed by atoms with E-state index in [9.17, 15) is 0 Å². The van der Waals surface area contributed by atoms with Crippen LogP contribution in [0.15, 0.2) is 24.3 Å². The van der Waals surface area contributed by atoms with Crippen molar-refractivity contribution < 1.29 is 4.43 Å². The first-order valence-corrected chi connectivity index (χ1v) is 8.49. The van der Waals surface area contributed by atoms with Crippen LogP contribution < -0.4 is 0 Å². The molecular weight excluding hydrogens is 200 g/mol. The highest BCUT2D eigenvalue weighted by molar-refractivity contribution is 6.74. The van der Waals surface area contributed by atoms with Crippen molar-refractivity contribution in [3.8, 4) is 0 Å². The third-order valence-corrected chi connectivity index (χ3v) is 7.68. The summed E-state index contributed by atoms with van der Waals surface area (Å²) in [6.45, 7) is 19.2. The Morgan fingerprint density at radius 1 is 1.33 bits per heavy atom. The summed E-state index contributed by atoms with van der Waals surface area (Å²) >= 11 is 0. The van der Waals surface area contributed by atoms with E-state index in [1.165, 1.54) is 5.57 Å². The second kappa shape index (κ2) is 5.13. The van der Waals surface area contributed by atoms with Crippen molar-refractivity contribution in [2.45, 2.75) is 58.9 Å². The van der Waals surface area contributed by atoms with Gasteiger partial charge in [-0.05, 0) is 32.0 Å². The highest BCUT2D eigenvalue weighted by Crippen LogP contribution is 2.37. The van der Waals surface area contributed by atoms with E-state index in [-0.39, 0.29) is 11.1 Å². The molecule has 0 saturated carbocycles. The molecule has 0 heterocycles. The summed E-state index contributed by atoms with van der Waals surface area (Å²) in [6.07, 6.45) is 4.18. The lowest BCUT2D eigenvalue weighted by molar-refractivity contribution is 0.242. The summed E-state index contributed by atoms with van der Waals surface area (Å²) in [4.78, 5) is 0. The first-order valence-electron chi connectivity index (χ1n) is 5.59. The van der Waals surface area contributed by atoms with Crippen molar-refractivity contribution in [1.82, 2.24) is 0 Å². The lowest BCUT2D eigenvalue weighted by Gasteiger charge is -2.38. The highest BCUT2D eigenvalue weighted by atomic mass is 28.4. The van der Waals surface area contributed by atoms with Crippen LogP contribution >= 0.6 is 0 Å². The van der Waals surface area contributed by atoms with Crippen LogP contribution in [0.3, 0.4) is 0 Å². The van der Waals surface area contributed by atoms with Crippen molar-refractivity contribution in [2.24, 2.45) is 0 Å². The molecule has 1 atom stereocenters. The minimum Gasteiger partial charge on any atom is -0.411 e. The van der Waals surface area contributed by atoms with E-state index in [0.29, 0.717) is 0 Å². The maximum atomic E-state index is 6.19. The van der Waals surface area contributed by atoms with Crippen LogP contribution in [-0.4, -0.2) is 14.4 Å². The number of hydrogen-bond donors (Lipinski definition) is 0. The average molecular weight is 226 g/mol. The van der Waals surface area contributed by atoms with Gasteiger partial charge in [0.1, 0.15) is 0 Å². The molecule has 1 nitrogen and oxygen atoms in total. The van der Waals surface area contributed by atoms with Crippen LogP contribution in [0, 0.1) is 0 Å². The van der Waals surface area contributed by atoms with Crippen LogP contribution in [0.2, 0.25) is 18.1 Å². The van der Waals surface area contributed by atoms with Crippen LogP contribution in [-0.2, 0) is 4.43 Å². The standard InChI is InChI=1S/C13H26OSi/c1-9-11(2)10-12(3)14-15(7,8)13(4,5)6/h9-10,12H,1H2,2-8H3/b11-10+/t12-/m1/s1. The Kier molecular flexibility index (Phi) is 5.01. The molecule has 0 spiro atoms. The molecule has 0 N–H and O–H groups in total. The summed E-state index contributed by atoms with van der Waals surface area (Å²) in [6, 6.07) is 0. The molecule has 0 fully saturated rings. The van der Waals surface area contributed by atoms with Gasteiger partial charge in [0.2, 0.25) is 0 Å². The molecule has 0 amide bonds. The molecule has 0 aliphatic heterocycles. The molecule has 0 aromatic rings. The van der Waals surface area contributed by atoms with Gasteiger partial charge < -0.3 is 4.43 Å². The maximum absolute atomic E-state index is 6.19. The summed E-state index contributed by atoms with van der Waals surface area (Å²) in [5, 5.41) is 0.275. The lowest BCUT2D eigenvalue weighted by atomic mass is 10.2. The van der Waals surface area contributed by atoms with Gasteiger partial charge in [-0.2, -0.15) is 0 Å². The third kappa shape index (κ3) is 4.80. The molecule has 2 heteroatoms. The second-order valence-corrected chi connectivity index (χ2v) is 10.5. The zero-order chi connectivity index (χ0) is 12.3. The molecule has 0 aromatic heterocycles. The molecular formula is C13H26OSi. The van der Waals surface area contributed by atoms with Crippen molar-refractivity contribution in [1.29, 1.82) is 0 Å². The predicted molar refractivity (Wildman–Crippen MR) is 71.7 cm³/mol. The Balaban J connectivity index is 4.54. The number of rotatable bonds is 4. The van der Waals surface area contributed by atoms with Gasteiger partial charge in [0, 0.05) is 0 Å². The SMILES string of the molecule is C=C/C(C)=C/[C@@H](C)O[Si](C)(C)C(C)(C)C. The van der Waals surface area contributed by atoms with Crippen LogP contribution in [0.4, 0.5) is 0 Å². The van der Waals surface area contributed by atoms with Gasteiger partial charge >= 0.3 is 0 Å². The average Bonchev–Trinajstić information content (AvgIpc) is 2.00. The van der Waals surface area contributed by atoms with E-state index in [2.05, 4.69) is 60.4 Å². The largest absolute Gasteiger partial charge is 0.411 e. The Morgan fingerprint density at radius 3 is 2.13 bits per heavy atom. The number of allylic oxidation sites excluding steroid dienone is 2. The Bertz CT molecular complexity index is 246. The fourth-order valence-corrected chi connectivity index (χ4v) is 2.46. The molecule has 0 aliphatic rings. The van der Waals surface area contributed by atoms with Crippen LogP contribution in [0.25, 0.3) is 0 Å². The fraction of sp³-hybridized carbons (Fsp3) is 0.692. The van der Waals surface area contributed by atoms with Gasteiger partial charge in [0.15, 0.2) is 8.32 Å². The zero-order valence-electron chi connectivity index (χ0n) is 11.3. The highest BCUT2D eigenvalue weighted by Gasteiger charge is 2.37. The number of hydrogen-bond acceptors (Lipinski definition) is 1. The van der Waals surface area contributed by atoms with E-state index >= 15 is 0 Å². The van der Waals surface area contributed by atoms with Gasteiger partial charge in [-0.3, -0.25) is 0 Å². The Labute approximate surface area is 96.4 Å². The monoisotopic (exact) mass is 226 g/mol. The Morgan fingerprint density at radius 2 is 1.80 bits per heavy atom. The van der Waals surface area contributed by atoms with Gasteiger partial charge in [0.05, 0.1) is 6.10 Å². The van der Waals surface area contributed by atoms with Gasteiger partial charge in [-0.25, -0.2) is 0 Å². The van der Waals surface area contributed by atoms with E-state index < -0.39 is 8.32 Å². The van der Waals surface area contributed by atoms with Crippen molar-refractivity contribution in [2.75, 3.05) is 0 Å². The lowest BCUT2D eigenvalue weighted by Crippen LogP contribution is -2.42.